The molecule has 1 unspecified atom stereocenters. The summed E-state index contributed by atoms with van der Waals surface area (Å²) in [6.07, 6.45) is 1.55. The smallest absolute Gasteiger partial charge is 0.270 e. The number of aryl methyl sites for hydroxylation is 1. The topological polar surface area (TPSA) is 88.9 Å². The number of hydrogen-bond donors (Lipinski definition) is 2. The lowest BCUT2D eigenvalue weighted by atomic mass is 10.0. The largest absolute Gasteiger partial charge is 0.339 e. The molecule has 0 saturated carbocycles. The summed E-state index contributed by atoms with van der Waals surface area (Å²) in [5.41, 5.74) is 3.36. The average molecular weight is 391 g/mol. The summed E-state index contributed by atoms with van der Waals surface area (Å²) >= 11 is 0. The van der Waals surface area contributed by atoms with Crippen LogP contribution in [-0.2, 0) is 4.79 Å². The third kappa shape index (κ3) is 4.51. The van der Waals surface area contributed by atoms with Gasteiger partial charge in [-0.3, -0.25) is 14.6 Å². The Morgan fingerprint density at radius 1 is 1.00 bits per heavy atom. The van der Waals surface area contributed by atoms with Crippen molar-refractivity contribution in [2.45, 2.75) is 33.7 Å². The zero-order chi connectivity index (χ0) is 21.0. The van der Waals surface area contributed by atoms with Crippen molar-refractivity contribution in [3.8, 4) is 5.69 Å². The van der Waals surface area contributed by atoms with E-state index in [1.165, 1.54) is 0 Å². The van der Waals surface area contributed by atoms with E-state index in [0.29, 0.717) is 11.4 Å². The van der Waals surface area contributed by atoms with Crippen molar-refractivity contribution >= 4 is 17.5 Å². The maximum Gasteiger partial charge on any atom is 0.270 e. The number of nitrogens with one attached hydrogen (secondary N) is 2. The van der Waals surface area contributed by atoms with Gasteiger partial charge in [0.25, 0.3) is 5.91 Å². The number of anilines is 1. The normalized spacial score (nSPS) is 11.9. The Kier molecular flexibility index (Phi) is 6.07. The number of hydrogen-bond acceptors (Lipinski definition) is 4. The lowest BCUT2D eigenvalue weighted by Gasteiger charge is -2.21. The third-order valence-electron chi connectivity index (χ3n) is 4.67. The molecule has 2 aromatic heterocycles. The van der Waals surface area contributed by atoms with Gasteiger partial charge in [-0.2, -0.15) is 5.10 Å². The van der Waals surface area contributed by atoms with E-state index in [2.05, 4.69) is 20.7 Å². The van der Waals surface area contributed by atoms with Gasteiger partial charge in [-0.25, -0.2) is 4.68 Å². The molecule has 0 aliphatic heterocycles. The van der Waals surface area contributed by atoms with Crippen LogP contribution in [0.15, 0.2) is 54.7 Å². The highest BCUT2D eigenvalue weighted by molar-refractivity contribution is 6.01. The molecule has 0 saturated heterocycles. The Balaban J connectivity index is 1.80. The predicted octanol–water partition coefficient (Wildman–Crippen LogP) is 3.28. The standard InChI is InChI=1S/C22H25N5O2/c1-14(2)19(24-21(28)18-12-8-9-13-23-18)22(29)25-20-15(3)26-27(16(20)4)17-10-6-5-7-11-17/h5-14,19H,1-4H3,(H,24,28)(H,25,29). The van der Waals surface area contributed by atoms with Crippen LogP contribution in [-0.4, -0.2) is 32.6 Å². The van der Waals surface area contributed by atoms with Crippen LogP contribution < -0.4 is 10.6 Å². The van der Waals surface area contributed by atoms with Crippen molar-refractivity contribution in [1.82, 2.24) is 20.1 Å². The van der Waals surface area contributed by atoms with Gasteiger partial charge >= 0.3 is 0 Å². The first-order chi connectivity index (χ1) is 13.9. The molecule has 0 aliphatic rings. The summed E-state index contributed by atoms with van der Waals surface area (Å²) in [7, 11) is 0. The lowest BCUT2D eigenvalue weighted by molar-refractivity contribution is -0.118. The van der Waals surface area contributed by atoms with Gasteiger partial charge in [0.05, 0.1) is 22.8 Å². The molecule has 0 aliphatic carbocycles. The molecule has 7 nitrogen and oxygen atoms in total. The summed E-state index contributed by atoms with van der Waals surface area (Å²) in [5.74, 6) is -0.775. The quantitative estimate of drug-likeness (QED) is 0.675. The Hall–Kier alpha value is -3.48. The fraction of sp³-hybridized carbons (Fsp3) is 0.273. The number of rotatable bonds is 6. The summed E-state index contributed by atoms with van der Waals surface area (Å²) in [4.78, 5) is 29.5. The second kappa shape index (κ2) is 8.68. The first-order valence-electron chi connectivity index (χ1n) is 9.53. The number of para-hydroxylation sites is 1. The van der Waals surface area contributed by atoms with Crippen LogP contribution in [0.3, 0.4) is 0 Å². The Labute approximate surface area is 170 Å². The number of carbonyl (C=O) groups excluding carboxylic acids is 2. The number of benzene rings is 1. The average Bonchev–Trinajstić information content (AvgIpc) is 3.01. The van der Waals surface area contributed by atoms with Crippen LogP contribution in [0.5, 0.6) is 0 Å². The molecule has 29 heavy (non-hydrogen) atoms. The minimum absolute atomic E-state index is 0.104. The van der Waals surface area contributed by atoms with Gasteiger partial charge in [-0.15, -0.1) is 0 Å². The highest BCUT2D eigenvalue weighted by Gasteiger charge is 2.27. The van der Waals surface area contributed by atoms with E-state index < -0.39 is 6.04 Å². The lowest BCUT2D eigenvalue weighted by Crippen LogP contribution is -2.47. The van der Waals surface area contributed by atoms with Gasteiger partial charge in [-0.05, 0) is 44.0 Å². The van der Waals surface area contributed by atoms with Crippen LogP contribution in [0.1, 0.15) is 35.7 Å². The molecule has 3 rings (SSSR count). The molecule has 150 valence electrons. The summed E-state index contributed by atoms with van der Waals surface area (Å²) < 4.78 is 1.79. The first-order valence-corrected chi connectivity index (χ1v) is 9.53. The molecule has 0 bridgehead atoms. The molecule has 2 N–H and O–H groups in total. The van der Waals surface area contributed by atoms with Crippen molar-refractivity contribution in [3.05, 3.63) is 71.8 Å². The van der Waals surface area contributed by atoms with Crippen LogP contribution in [0.2, 0.25) is 0 Å². The molecular weight excluding hydrogens is 366 g/mol. The van der Waals surface area contributed by atoms with Crippen molar-refractivity contribution in [3.63, 3.8) is 0 Å². The molecule has 0 spiro atoms. The fourth-order valence-corrected chi connectivity index (χ4v) is 3.09. The monoisotopic (exact) mass is 391 g/mol. The van der Waals surface area contributed by atoms with E-state index in [0.717, 1.165) is 11.4 Å². The second-order valence-corrected chi connectivity index (χ2v) is 7.19. The highest BCUT2D eigenvalue weighted by atomic mass is 16.2. The molecular formula is C22H25N5O2. The van der Waals surface area contributed by atoms with Gasteiger partial charge in [0.2, 0.25) is 5.91 Å². The first kappa shape index (κ1) is 20.3. The van der Waals surface area contributed by atoms with Crippen molar-refractivity contribution in [1.29, 1.82) is 0 Å². The molecule has 1 aromatic carbocycles. The van der Waals surface area contributed by atoms with Crippen molar-refractivity contribution < 1.29 is 9.59 Å². The zero-order valence-electron chi connectivity index (χ0n) is 17.0. The molecule has 1 atom stereocenters. The Morgan fingerprint density at radius 3 is 2.31 bits per heavy atom. The van der Waals surface area contributed by atoms with E-state index >= 15 is 0 Å². The van der Waals surface area contributed by atoms with E-state index in [1.807, 2.05) is 58.0 Å². The van der Waals surface area contributed by atoms with E-state index in [-0.39, 0.29) is 23.4 Å². The van der Waals surface area contributed by atoms with Gasteiger partial charge in [0, 0.05) is 6.20 Å². The number of aromatic nitrogens is 3. The molecule has 0 radical (unpaired) electrons. The Bertz CT molecular complexity index is 997. The molecule has 3 aromatic rings. The van der Waals surface area contributed by atoms with Gasteiger partial charge < -0.3 is 10.6 Å². The minimum atomic E-state index is -0.705. The van der Waals surface area contributed by atoms with Crippen molar-refractivity contribution in [2.24, 2.45) is 5.92 Å². The van der Waals surface area contributed by atoms with E-state index in [4.69, 9.17) is 0 Å². The zero-order valence-corrected chi connectivity index (χ0v) is 17.0. The Morgan fingerprint density at radius 2 is 1.69 bits per heavy atom. The van der Waals surface area contributed by atoms with Gasteiger partial charge in [-0.1, -0.05) is 38.1 Å². The highest BCUT2D eigenvalue weighted by Crippen LogP contribution is 2.23. The maximum atomic E-state index is 13.0. The molecule has 0 fully saturated rings. The number of carbonyl (C=O) groups is 2. The maximum absolute atomic E-state index is 13.0. The van der Waals surface area contributed by atoms with Crippen LogP contribution in [0.4, 0.5) is 5.69 Å². The molecule has 7 heteroatoms. The third-order valence-corrected chi connectivity index (χ3v) is 4.67. The number of amides is 2. The van der Waals surface area contributed by atoms with Crippen LogP contribution in [0.25, 0.3) is 5.69 Å². The number of nitrogens with zero attached hydrogens (tertiary/aromatic N) is 3. The molecule has 2 amide bonds. The number of pyridine rings is 1. The van der Waals surface area contributed by atoms with E-state index in [9.17, 15) is 9.59 Å². The predicted molar refractivity (Wildman–Crippen MR) is 112 cm³/mol. The van der Waals surface area contributed by atoms with Gasteiger partial charge in [0.15, 0.2) is 0 Å². The summed E-state index contributed by atoms with van der Waals surface area (Å²) in [6, 6.07) is 14.1. The minimum Gasteiger partial charge on any atom is -0.339 e. The summed E-state index contributed by atoms with van der Waals surface area (Å²) in [5, 5.41) is 10.3. The summed E-state index contributed by atoms with van der Waals surface area (Å²) in [6.45, 7) is 7.52. The van der Waals surface area contributed by atoms with Crippen LogP contribution >= 0.6 is 0 Å². The fourth-order valence-electron chi connectivity index (χ4n) is 3.09. The van der Waals surface area contributed by atoms with Crippen molar-refractivity contribution in [2.75, 3.05) is 5.32 Å². The van der Waals surface area contributed by atoms with E-state index in [1.54, 1.807) is 29.1 Å². The van der Waals surface area contributed by atoms with Crippen LogP contribution in [0, 0.1) is 19.8 Å². The van der Waals surface area contributed by atoms with Gasteiger partial charge in [0.1, 0.15) is 11.7 Å². The SMILES string of the molecule is Cc1nn(-c2ccccc2)c(C)c1NC(=O)C(NC(=O)c1ccccn1)C(C)C. The molecule has 2 heterocycles. The second-order valence-electron chi connectivity index (χ2n) is 7.19.